The molecule has 7 heteroatoms. The third-order valence-electron chi connectivity index (χ3n) is 3.89. The Kier molecular flexibility index (Phi) is 5.82. The summed E-state index contributed by atoms with van der Waals surface area (Å²) in [5, 5.41) is 2.86. The third kappa shape index (κ3) is 4.60. The van der Waals surface area contributed by atoms with E-state index in [0.29, 0.717) is 12.2 Å². The van der Waals surface area contributed by atoms with Gasteiger partial charge in [0.25, 0.3) is 5.91 Å². The van der Waals surface area contributed by atoms with Gasteiger partial charge in [0.05, 0.1) is 6.20 Å². The summed E-state index contributed by atoms with van der Waals surface area (Å²) in [5.74, 6) is 0.576. The van der Waals surface area contributed by atoms with E-state index in [4.69, 9.17) is 0 Å². The zero-order valence-corrected chi connectivity index (χ0v) is 14.5. The van der Waals surface area contributed by atoms with E-state index >= 15 is 0 Å². The van der Waals surface area contributed by atoms with Crippen molar-refractivity contribution in [1.29, 1.82) is 0 Å². The lowest BCUT2D eigenvalue weighted by Gasteiger charge is -2.21. The maximum Gasteiger partial charge on any atom is 0.271 e. The molecule has 0 aliphatic carbocycles. The molecule has 0 spiro atoms. The van der Waals surface area contributed by atoms with Gasteiger partial charge in [-0.3, -0.25) is 14.8 Å². The van der Waals surface area contributed by atoms with E-state index in [-0.39, 0.29) is 5.91 Å². The lowest BCUT2D eigenvalue weighted by Crippen LogP contribution is -2.27. The van der Waals surface area contributed by atoms with Gasteiger partial charge >= 0.3 is 0 Å². The number of aromatic nitrogens is 4. The molecule has 3 aromatic rings. The largest absolute Gasteiger partial charge is 0.359 e. The van der Waals surface area contributed by atoms with Crippen LogP contribution in [0.25, 0.3) is 0 Å². The van der Waals surface area contributed by atoms with Crippen LogP contribution in [0.5, 0.6) is 0 Å². The average molecular weight is 348 g/mol. The number of hydrogen-bond donors (Lipinski definition) is 1. The molecule has 1 amide bonds. The van der Waals surface area contributed by atoms with Crippen LogP contribution in [0.15, 0.2) is 61.3 Å². The Morgan fingerprint density at radius 3 is 2.69 bits per heavy atom. The van der Waals surface area contributed by atoms with Gasteiger partial charge < -0.3 is 10.2 Å². The number of hydrogen-bond acceptors (Lipinski definition) is 6. The molecular weight excluding hydrogens is 328 g/mol. The summed E-state index contributed by atoms with van der Waals surface area (Å²) in [6.45, 7) is 1.14. The van der Waals surface area contributed by atoms with E-state index < -0.39 is 0 Å². The lowest BCUT2D eigenvalue weighted by atomic mass is 10.2. The zero-order chi connectivity index (χ0) is 18.2. The second-order valence-corrected chi connectivity index (χ2v) is 5.75. The summed E-state index contributed by atoms with van der Waals surface area (Å²) in [5.41, 5.74) is 2.27. The van der Waals surface area contributed by atoms with E-state index in [1.807, 2.05) is 37.4 Å². The second kappa shape index (κ2) is 8.66. The fourth-order valence-electron chi connectivity index (χ4n) is 2.53. The molecule has 0 bridgehead atoms. The van der Waals surface area contributed by atoms with Crippen LogP contribution in [-0.4, -0.2) is 39.4 Å². The van der Waals surface area contributed by atoms with E-state index in [1.165, 1.54) is 18.6 Å². The topological polar surface area (TPSA) is 83.9 Å². The maximum absolute atomic E-state index is 12.2. The highest BCUT2D eigenvalue weighted by atomic mass is 16.1. The number of pyridine rings is 2. The van der Waals surface area contributed by atoms with Crippen LogP contribution in [0.1, 0.15) is 21.7 Å². The molecule has 3 rings (SSSR count). The Balaban J connectivity index is 1.63. The molecule has 132 valence electrons. The van der Waals surface area contributed by atoms with Crippen molar-refractivity contribution in [2.24, 2.45) is 0 Å². The number of nitrogens with zero attached hydrogens (tertiary/aromatic N) is 5. The molecule has 1 N–H and O–H groups in total. The molecule has 0 saturated carbocycles. The molecule has 3 heterocycles. The Hall–Kier alpha value is -3.35. The van der Waals surface area contributed by atoms with E-state index in [2.05, 4.69) is 30.2 Å². The van der Waals surface area contributed by atoms with Gasteiger partial charge in [-0.25, -0.2) is 9.97 Å². The molecule has 0 aliphatic heterocycles. The lowest BCUT2D eigenvalue weighted by molar-refractivity contribution is 0.0945. The summed E-state index contributed by atoms with van der Waals surface area (Å²) < 4.78 is 0. The number of anilines is 1. The zero-order valence-electron chi connectivity index (χ0n) is 14.5. The Morgan fingerprint density at radius 1 is 1.04 bits per heavy atom. The first kappa shape index (κ1) is 17.5. The minimum absolute atomic E-state index is 0.260. The summed E-state index contributed by atoms with van der Waals surface area (Å²) in [7, 11) is 1.99. The summed E-state index contributed by atoms with van der Waals surface area (Å²) >= 11 is 0. The molecule has 0 radical (unpaired) electrons. The Labute approximate surface area is 152 Å². The minimum atomic E-state index is -0.260. The third-order valence-corrected chi connectivity index (χ3v) is 3.89. The molecule has 0 saturated heterocycles. The number of carbonyl (C=O) groups excluding carboxylic acids is 1. The molecule has 0 unspecified atom stereocenters. The van der Waals surface area contributed by atoms with Crippen molar-refractivity contribution in [2.75, 3.05) is 18.5 Å². The predicted molar refractivity (Wildman–Crippen MR) is 98.7 cm³/mol. The van der Waals surface area contributed by atoms with Crippen LogP contribution in [-0.2, 0) is 13.0 Å². The van der Waals surface area contributed by atoms with Gasteiger partial charge in [0, 0.05) is 62.6 Å². The highest BCUT2D eigenvalue weighted by Crippen LogP contribution is 2.16. The van der Waals surface area contributed by atoms with Crippen LogP contribution < -0.4 is 10.2 Å². The van der Waals surface area contributed by atoms with Gasteiger partial charge in [0.2, 0.25) is 0 Å². The monoisotopic (exact) mass is 348 g/mol. The van der Waals surface area contributed by atoms with E-state index in [1.54, 1.807) is 12.4 Å². The second-order valence-electron chi connectivity index (χ2n) is 5.75. The van der Waals surface area contributed by atoms with E-state index in [9.17, 15) is 4.79 Å². The first-order valence-corrected chi connectivity index (χ1v) is 8.33. The van der Waals surface area contributed by atoms with Crippen molar-refractivity contribution < 1.29 is 4.79 Å². The number of rotatable bonds is 7. The summed E-state index contributed by atoms with van der Waals surface area (Å²) in [6.07, 6.45) is 8.84. The molecule has 3 aromatic heterocycles. The Morgan fingerprint density at radius 2 is 1.92 bits per heavy atom. The standard InChI is InChI=1S/C19H20N6O/c1-25(12-7-16-6-2-3-8-21-16)18-15(5-4-9-23-18)13-24-19(26)17-14-20-10-11-22-17/h2-6,8-11,14H,7,12-13H2,1H3,(H,24,26). The van der Waals surface area contributed by atoms with E-state index in [0.717, 1.165) is 30.0 Å². The molecule has 26 heavy (non-hydrogen) atoms. The summed E-state index contributed by atoms with van der Waals surface area (Å²) in [6, 6.07) is 9.71. The van der Waals surface area contributed by atoms with Crippen LogP contribution in [0.3, 0.4) is 0 Å². The van der Waals surface area contributed by atoms with Crippen molar-refractivity contribution >= 4 is 11.7 Å². The Bertz CT molecular complexity index is 841. The highest BCUT2D eigenvalue weighted by molar-refractivity contribution is 5.91. The minimum Gasteiger partial charge on any atom is -0.359 e. The van der Waals surface area contributed by atoms with Crippen molar-refractivity contribution in [3.05, 3.63) is 78.3 Å². The maximum atomic E-state index is 12.2. The SMILES string of the molecule is CN(CCc1ccccn1)c1ncccc1CNC(=O)c1cnccn1. The molecule has 7 nitrogen and oxygen atoms in total. The van der Waals surface area contributed by atoms with Crippen LogP contribution in [0.4, 0.5) is 5.82 Å². The molecule has 0 aliphatic rings. The quantitative estimate of drug-likeness (QED) is 0.702. The average Bonchev–Trinajstić information content (AvgIpc) is 2.72. The molecular formula is C19H20N6O. The van der Waals surface area contributed by atoms with Gasteiger partial charge in [-0.2, -0.15) is 0 Å². The highest BCUT2D eigenvalue weighted by Gasteiger charge is 2.12. The van der Waals surface area contributed by atoms with Crippen molar-refractivity contribution in [1.82, 2.24) is 25.3 Å². The fourth-order valence-corrected chi connectivity index (χ4v) is 2.53. The van der Waals surface area contributed by atoms with Crippen LogP contribution in [0.2, 0.25) is 0 Å². The van der Waals surface area contributed by atoms with Crippen molar-refractivity contribution in [2.45, 2.75) is 13.0 Å². The molecule has 0 aromatic carbocycles. The van der Waals surface area contributed by atoms with Gasteiger partial charge in [-0.1, -0.05) is 12.1 Å². The fraction of sp³-hybridized carbons (Fsp3) is 0.211. The van der Waals surface area contributed by atoms with Gasteiger partial charge in [-0.05, 0) is 18.2 Å². The van der Waals surface area contributed by atoms with Gasteiger partial charge in [0.15, 0.2) is 0 Å². The first-order valence-electron chi connectivity index (χ1n) is 8.33. The smallest absolute Gasteiger partial charge is 0.271 e. The molecule has 0 atom stereocenters. The van der Waals surface area contributed by atoms with Gasteiger partial charge in [0.1, 0.15) is 11.5 Å². The number of likely N-dealkylation sites (N-methyl/N-ethyl adjacent to an activating group) is 1. The van der Waals surface area contributed by atoms with Gasteiger partial charge in [-0.15, -0.1) is 0 Å². The summed E-state index contributed by atoms with van der Waals surface area (Å²) in [4.78, 5) is 30.9. The number of nitrogens with one attached hydrogen (secondary N) is 1. The van der Waals surface area contributed by atoms with Crippen molar-refractivity contribution in [3.63, 3.8) is 0 Å². The number of amides is 1. The normalized spacial score (nSPS) is 10.3. The molecule has 0 fully saturated rings. The predicted octanol–water partition coefficient (Wildman–Crippen LogP) is 1.88. The van der Waals surface area contributed by atoms with Crippen molar-refractivity contribution in [3.8, 4) is 0 Å². The number of carbonyl (C=O) groups is 1. The first-order chi connectivity index (χ1) is 12.7. The van der Waals surface area contributed by atoms with Crippen LogP contribution >= 0.6 is 0 Å². The van der Waals surface area contributed by atoms with Crippen LogP contribution in [0, 0.1) is 0 Å².